The molecule has 142 valence electrons. The Morgan fingerprint density at radius 3 is 2.04 bits per heavy atom. The molecule has 4 unspecified atom stereocenters. The number of fused-ring (bicyclic) bond motifs is 2. The Morgan fingerprint density at radius 1 is 1.25 bits per heavy atom. The summed E-state index contributed by atoms with van der Waals surface area (Å²) in [4.78, 5) is 10.8. The van der Waals surface area contributed by atoms with Gasteiger partial charge in [-0.05, 0) is 64.7 Å². The molecule has 4 atom stereocenters. The van der Waals surface area contributed by atoms with Crippen molar-refractivity contribution in [3.8, 4) is 0 Å². The van der Waals surface area contributed by atoms with E-state index in [-0.39, 0.29) is 23.7 Å². The number of methoxy groups -OCH3 is 1. The second-order valence-corrected chi connectivity index (χ2v) is 7.74. The summed E-state index contributed by atoms with van der Waals surface area (Å²) < 4.78 is 56.6. The first-order valence-electron chi connectivity index (χ1n) is 8.29. The van der Waals surface area contributed by atoms with Gasteiger partial charge in [0.2, 0.25) is 0 Å². The van der Waals surface area contributed by atoms with Crippen molar-refractivity contribution in [1.82, 2.24) is 0 Å². The molecule has 0 heterocycles. The third-order valence-electron chi connectivity index (χ3n) is 5.76. The molecule has 0 amide bonds. The summed E-state index contributed by atoms with van der Waals surface area (Å²) in [7, 11) is 1.42. The number of rotatable bonds is 3. The number of alkyl halides is 4. The summed E-state index contributed by atoms with van der Waals surface area (Å²) >= 11 is 0. The molecule has 2 rings (SSSR count). The van der Waals surface area contributed by atoms with Crippen LogP contribution >= 0.6 is 0 Å². The van der Waals surface area contributed by atoms with Gasteiger partial charge in [0.15, 0.2) is 11.3 Å². The Labute approximate surface area is 140 Å². The van der Waals surface area contributed by atoms with E-state index in [4.69, 9.17) is 0 Å². The Hall–Kier alpha value is -0.850. The van der Waals surface area contributed by atoms with Crippen LogP contribution in [0.3, 0.4) is 0 Å². The maximum atomic E-state index is 14.3. The zero-order valence-electron chi connectivity index (χ0n) is 15.0. The lowest BCUT2D eigenvalue weighted by atomic mass is 9.74. The molecular formula is C17H28F4O3. The summed E-state index contributed by atoms with van der Waals surface area (Å²) in [6.07, 6.45) is -2.48. The maximum Gasteiger partial charge on any atom is 0.420 e. The quantitative estimate of drug-likeness (QED) is 0.601. The van der Waals surface area contributed by atoms with Crippen molar-refractivity contribution in [1.29, 1.82) is 0 Å². The maximum absolute atomic E-state index is 14.3. The minimum Gasteiger partial charge on any atom is -0.469 e. The third kappa shape index (κ3) is 3.70. The predicted octanol–water partition coefficient (Wildman–Crippen LogP) is 4.42. The van der Waals surface area contributed by atoms with E-state index >= 15 is 0 Å². The average molecular weight is 356 g/mol. The van der Waals surface area contributed by atoms with E-state index in [1.54, 1.807) is 0 Å². The van der Waals surface area contributed by atoms with E-state index in [9.17, 15) is 27.5 Å². The Morgan fingerprint density at radius 2 is 1.79 bits per heavy atom. The van der Waals surface area contributed by atoms with Gasteiger partial charge in [-0.25, -0.2) is 4.39 Å². The smallest absolute Gasteiger partial charge is 0.420 e. The van der Waals surface area contributed by atoms with Crippen molar-refractivity contribution in [3.63, 3.8) is 0 Å². The highest BCUT2D eigenvalue weighted by atomic mass is 19.4. The Bertz CT molecular complexity index is 459. The molecule has 0 radical (unpaired) electrons. The number of hydrogen-bond acceptors (Lipinski definition) is 3. The molecule has 0 aromatic carbocycles. The van der Waals surface area contributed by atoms with Gasteiger partial charge >= 0.3 is 12.1 Å². The number of hydrogen-bond donors (Lipinski definition) is 1. The second kappa shape index (κ2) is 6.81. The lowest BCUT2D eigenvalue weighted by Crippen LogP contribution is -2.60. The van der Waals surface area contributed by atoms with Crippen LogP contribution in [-0.4, -0.2) is 35.6 Å². The highest BCUT2D eigenvalue weighted by Gasteiger charge is 2.70. The van der Waals surface area contributed by atoms with Crippen molar-refractivity contribution >= 4 is 5.97 Å². The molecule has 0 spiro atoms. The van der Waals surface area contributed by atoms with E-state index in [2.05, 4.69) is 4.74 Å². The van der Waals surface area contributed by atoms with Gasteiger partial charge in [-0.1, -0.05) is 6.92 Å². The van der Waals surface area contributed by atoms with Crippen LogP contribution in [-0.2, 0) is 9.53 Å². The second-order valence-electron chi connectivity index (χ2n) is 7.74. The first kappa shape index (κ1) is 21.2. The van der Waals surface area contributed by atoms with Gasteiger partial charge in [0.1, 0.15) is 0 Å². The molecule has 0 aromatic heterocycles. The summed E-state index contributed by atoms with van der Waals surface area (Å²) in [5, 5.41) is 9.43. The van der Waals surface area contributed by atoms with Gasteiger partial charge in [-0.15, -0.1) is 0 Å². The van der Waals surface area contributed by atoms with Crippen molar-refractivity contribution < 1.29 is 32.2 Å². The van der Waals surface area contributed by atoms with E-state index in [1.807, 2.05) is 20.8 Å². The van der Waals surface area contributed by atoms with Gasteiger partial charge in [0.05, 0.1) is 12.5 Å². The number of ether oxygens (including phenoxy) is 1. The molecular weight excluding hydrogens is 328 g/mol. The topological polar surface area (TPSA) is 46.5 Å². The molecule has 0 saturated heterocycles. The summed E-state index contributed by atoms with van der Waals surface area (Å²) in [5.74, 6) is -0.738. The van der Waals surface area contributed by atoms with Crippen LogP contribution in [0.1, 0.15) is 59.8 Å². The summed E-state index contributed by atoms with van der Waals surface area (Å²) in [6, 6.07) is 0. The molecule has 2 bridgehead atoms. The fourth-order valence-corrected chi connectivity index (χ4v) is 3.52. The van der Waals surface area contributed by atoms with Gasteiger partial charge in [-0.3, -0.25) is 4.79 Å². The van der Waals surface area contributed by atoms with Gasteiger partial charge < -0.3 is 9.84 Å². The lowest BCUT2D eigenvalue weighted by molar-refractivity contribution is -0.304. The largest absolute Gasteiger partial charge is 0.469 e. The summed E-state index contributed by atoms with van der Waals surface area (Å²) in [6.45, 7) is 6.28. The molecule has 24 heavy (non-hydrogen) atoms. The number of carbonyl (C=O) groups is 1. The Balaban J connectivity index is 0.000000277. The van der Waals surface area contributed by atoms with E-state index < -0.39 is 23.4 Å². The van der Waals surface area contributed by atoms with Gasteiger partial charge in [0, 0.05) is 0 Å². The Kier molecular flexibility index (Phi) is 6.01. The molecule has 0 aliphatic heterocycles. The van der Waals surface area contributed by atoms with Crippen molar-refractivity contribution in [2.75, 3.05) is 7.11 Å². The number of aliphatic hydroxyl groups is 1. The monoisotopic (exact) mass is 356 g/mol. The predicted molar refractivity (Wildman–Crippen MR) is 82.1 cm³/mol. The van der Waals surface area contributed by atoms with Crippen molar-refractivity contribution in [3.05, 3.63) is 0 Å². The van der Waals surface area contributed by atoms with Crippen LogP contribution in [0.25, 0.3) is 0 Å². The van der Waals surface area contributed by atoms with Crippen LogP contribution in [0.4, 0.5) is 17.6 Å². The number of carbonyl (C=O) groups excluding carboxylic acids is 1. The van der Waals surface area contributed by atoms with Gasteiger partial charge in [0.25, 0.3) is 0 Å². The summed E-state index contributed by atoms with van der Waals surface area (Å²) in [5.41, 5.74) is -6.00. The zero-order valence-corrected chi connectivity index (χ0v) is 15.0. The number of halogens is 4. The standard InChI is InChI=1S/C10H14F4O.C7H14O2/c1-8(15,10(12,13)14)9(11)5-6-2-3-7(9)4-6;1-5-7(2,3)6(8)9-4/h6-7,15H,2-5H2,1H3;5H2,1-4H3. The molecule has 2 saturated carbocycles. The van der Waals surface area contributed by atoms with Crippen LogP contribution in [0, 0.1) is 17.3 Å². The van der Waals surface area contributed by atoms with Crippen molar-refractivity contribution in [2.45, 2.75) is 77.2 Å². The first-order valence-corrected chi connectivity index (χ1v) is 8.29. The minimum absolute atomic E-state index is 0.0221. The SMILES string of the molecule is CC(O)(C(F)(F)F)C1(F)CC2CCC1C2.CCC(C)(C)C(=O)OC. The van der Waals surface area contributed by atoms with Gasteiger partial charge in [-0.2, -0.15) is 13.2 Å². The van der Waals surface area contributed by atoms with E-state index in [0.29, 0.717) is 19.8 Å². The molecule has 2 aliphatic carbocycles. The van der Waals surface area contributed by atoms with Crippen LogP contribution in [0.5, 0.6) is 0 Å². The van der Waals surface area contributed by atoms with Crippen LogP contribution in [0.15, 0.2) is 0 Å². The van der Waals surface area contributed by atoms with E-state index in [1.165, 1.54) is 7.11 Å². The fourth-order valence-electron chi connectivity index (χ4n) is 3.52. The average Bonchev–Trinajstić information content (AvgIpc) is 3.06. The van der Waals surface area contributed by atoms with Crippen molar-refractivity contribution in [2.24, 2.45) is 17.3 Å². The molecule has 7 heteroatoms. The van der Waals surface area contributed by atoms with Crippen LogP contribution < -0.4 is 0 Å². The highest BCUT2D eigenvalue weighted by Crippen LogP contribution is 2.59. The highest BCUT2D eigenvalue weighted by molar-refractivity contribution is 5.75. The zero-order chi connectivity index (χ0) is 19.0. The molecule has 3 nitrogen and oxygen atoms in total. The third-order valence-corrected chi connectivity index (χ3v) is 5.76. The lowest BCUT2D eigenvalue weighted by Gasteiger charge is -2.42. The van der Waals surface area contributed by atoms with Crippen LogP contribution in [0.2, 0.25) is 0 Å². The minimum atomic E-state index is -4.90. The fraction of sp³-hybridized carbons (Fsp3) is 0.941. The number of esters is 1. The molecule has 1 N–H and O–H groups in total. The molecule has 2 aliphatic rings. The molecule has 0 aromatic rings. The first-order chi connectivity index (χ1) is 10.7. The normalized spacial score (nSPS) is 31.9. The molecule has 2 fully saturated rings. The van der Waals surface area contributed by atoms with E-state index in [0.717, 1.165) is 12.8 Å².